The highest BCUT2D eigenvalue weighted by atomic mass is 16.5. The third kappa shape index (κ3) is 2.87. The second-order valence-corrected chi connectivity index (χ2v) is 5.91. The van der Waals surface area contributed by atoms with Crippen LogP contribution in [0.1, 0.15) is 27.2 Å². The maximum Gasteiger partial charge on any atom is 0.195 e. The van der Waals surface area contributed by atoms with Gasteiger partial charge in [-0.05, 0) is 43.2 Å². The average Bonchev–Trinajstić information content (AvgIpc) is 2.61. The van der Waals surface area contributed by atoms with E-state index in [1.54, 1.807) is 12.1 Å². The van der Waals surface area contributed by atoms with Gasteiger partial charge in [-0.15, -0.1) is 0 Å². The Bertz CT molecular complexity index is 1010. The molecule has 3 aromatic rings. The topological polar surface area (TPSA) is 59.4 Å². The molecule has 1 aromatic heterocycles. The Morgan fingerprint density at radius 2 is 1.88 bits per heavy atom. The average molecular weight is 333 g/mol. The first-order valence-corrected chi connectivity index (χ1v) is 7.91. The fourth-order valence-electron chi connectivity index (χ4n) is 3.01. The van der Waals surface area contributed by atoms with Crippen molar-refractivity contribution in [2.45, 2.75) is 13.8 Å². The highest BCUT2D eigenvalue weighted by Gasteiger charge is 2.20. The van der Waals surface area contributed by atoms with Gasteiger partial charge in [0.2, 0.25) is 0 Å². The van der Waals surface area contributed by atoms with E-state index in [0.717, 1.165) is 16.5 Å². The van der Waals surface area contributed by atoms with E-state index in [1.165, 1.54) is 13.2 Å². The zero-order valence-corrected chi connectivity index (χ0v) is 14.5. The molecule has 0 saturated carbocycles. The van der Waals surface area contributed by atoms with Crippen molar-refractivity contribution >= 4 is 22.3 Å². The SMILES string of the molecule is C=C(C(=O)c1c(C)nc2ccccc2c1C)c1ccc(O)c(OC)c1. The van der Waals surface area contributed by atoms with Crippen LogP contribution in [0.5, 0.6) is 11.5 Å². The van der Waals surface area contributed by atoms with Crippen LogP contribution in [-0.4, -0.2) is 23.0 Å². The molecule has 0 aliphatic heterocycles. The predicted molar refractivity (Wildman–Crippen MR) is 99.2 cm³/mol. The van der Waals surface area contributed by atoms with Gasteiger partial charge in [0, 0.05) is 22.2 Å². The monoisotopic (exact) mass is 333 g/mol. The molecule has 0 amide bonds. The molecule has 0 saturated heterocycles. The highest BCUT2D eigenvalue weighted by Crippen LogP contribution is 2.32. The van der Waals surface area contributed by atoms with Crippen LogP contribution in [0.15, 0.2) is 49.0 Å². The van der Waals surface area contributed by atoms with Crippen LogP contribution in [-0.2, 0) is 0 Å². The summed E-state index contributed by atoms with van der Waals surface area (Å²) in [6, 6.07) is 12.5. The Morgan fingerprint density at radius 3 is 2.60 bits per heavy atom. The number of Topliss-reactive ketones (excluding diaryl/α,β-unsaturated/α-hetero) is 1. The number of para-hydroxylation sites is 1. The number of ether oxygens (including phenoxy) is 1. The van der Waals surface area contributed by atoms with Crippen molar-refractivity contribution in [3.63, 3.8) is 0 Å². The van der Waals surface area contributed by atoms with Crippen molar-refractivity contribution in [3.8, 4) is 11.5 Å². The van der Waals surface area contributed by atoms with Gasteiger partial charge in [-0.1, -0.05) is 30.8 Å². The number of pyridine rings is 1. The van der Waals surface area contributed by atoms with Crippen molar-refractivity contribution in [1.29, 1.82) is 0 Å². The number of nitrogens with zero attached hydrogens (tertiary/aromatic N) is 1. The zero-order chi connectivity index (χ0) is 18.1. The minimum atomic E-state index is -0.180. The third-order valence-corrected chi connectivity index (χ3v) is 4.36. The van der Waals surface area contributed by atoms with Crippen LogP contribution in [0.25, 0.3) is 16.5 Å². The molecule has 2 aromatic carbocycles. The van der Waals surface area contributed by atoms with Crippen molar-refractivity contribution in [2.75, 3.05) is 7.11 Å². The number of phenols is 1. The van der Waals surface area contributed by atoms with E-state index >= 15 is 0 Å². The summed E-state index contributed by atoms with van der Waals surface area (Å²) < 4.78 is 5.11. The molecule has 1 heterocycles. The van der Waals surface area contributed by atoms with Crippen molar-refractivity contribution in [3.05, 3.63) is 71.4 Å². The summed E-state index contributed by atoms with van der Waals surface area (Å²) in [6.07, 6.45) is 0. The Balaban J connectivity index is 2.09. The maximum atomic E-state index is 13.1. The number of allylic oxidation sites excluding steroid dienone is 1. The molecule has 0 aliphatic carbocycles. The van der Waals surface area contributed by atoms with Crippen LogP contribution >= 0.6 is 0 Å². The lowest BCUT2D eigenvalue weighted by Crippen LogP contribution is -2.09. The largest absolute Gasteiger partial charge is 0.504 e. The number of rotatable bonds is 4. The first-order valence-electron chi connectivity index (χ1n) is 7.91. The van der Waals surface area contributed by atoms with Crippen LogP contribution in [0, 0.1) is 13.8 Å². The summed E-state index contributed by atoms with van der Waals surface area (Å²) >= 11 is 0. The number of hydrogen-bond acceptors (Lipinski definition) is 4. The third-order valence-electron chi connectivity index (χ3n) is 4.36. The number of aryl methyl sites for hydroxylation is 2. The zero-order valence-electron chi connectivity index (χ0n) is 14.5. The van der Waals surface area contributed by atoms with Gasteiger partial charge in [-0.25, -0.2) is 0 Å². The Morgan fingerprint density at radius 1 is 1.16 bits per heavy atom. The molecule has 0 spiro atoms. The lowest BCUT2D eigenvalue weighted by atomic mass is 9.92. The highest BCUT2D eigenvalue weighted by molar-refractivity contribution is 6.29. The molecule has 0 fully saturated rings. The number of carbonyl (C=O) groups is 1. The molecule has 0 bridgehead atoms. The Labute approximate surface area is 146 Å². The van der Waals surface area contributed by atoms with Crippen LogP contribution in [0.4, 0.5) is 0 Å². The van der Waals surface area contributed by atoms with Gasteiger partial charge in [0.25, 0.3) is 0 Å². The van der Waals surface area contributed by atoms with Gasteiger partial charge in [0.05, 0.1) is 12.6 Å². The quantitative estimate of drug-likeness (QED) is 0.565. The number of aromatic nitrogens is 1. The van der Waals surface area contributed by atoms with Crippen molar-refractivity contribution in [1.82, 2.24) is 4.98 Å². The molecule has 1 N–H and O–H groups in total. The summed E-state index contributed by atoms with van der Waals surface area (Å²) in [5.41, 5.74) is 3.93. The molecule has 0 aliphatic rings. The molecule has 126 valence electrons. The smallest absolute Gasteiger partial charge is 0.195 e. The van der Waals surface area contributed by atoms with E-state index in [2.05, 4.69) is 11.6 Å². The van der Waals surface area contributed by atoms with Gasteiger partial charge >= 0.3 is 0 Å². The van der Waals surface area contributed by atoms with Gasteiger partial charge in [0.15, 0.2) is 17.3 Å². The van der Waals surface area contributed by atoms with Gasteiger partial charge in [-0.3, -0.25) is 9.78 Å². The molecule has 25 heavy (non-hydrogen) atoms. The molecule has 0 atom stereocenters. The number of phenolic OH excluding ortho intramolecular Hbond substituents is 1. The van der Waals surface area contributed by atoms with Crippen molar-refractivity contribution in [2.24, 2.45) is 0 Å². The minimum absolute atomic E-state index is 0.0197. The number of fused-ring (bicyclic) bond motifs is 1. The van der Waals surface area contributed by atoms with E-state index in [9.17, 15) is 9.90 Å². The lowest BCUT2D eigenvalue weighted by molar-refractivity contribution is 0.105. The number of ketones is 1. The number of methoxy groups -OCH3 is 1. The molecular formula is C21H19NO3. The first-order chi connectivity index (χ1) is 11.9. The number of aromatic hydroxyl groups is 1. The maximum absolute atomic E-state index is 13.1. The standard InChI is InChI=1S/C21H19NO3/c1-12(15-9-10-18(23)19(11-15)25-4)21(24)20-13(2)16-7-5-6-8-17(16)22-14(20)3/h5-11,23H,1H2,2-4H3. The molecule has 4 nitrogen and oxygen atoms in total. The van der Waals surface area contributed by atoms with E-state index in [1.807, 2.05) is 38.1 Å². The predicted octanol–water partition coefficient (Wildman–Crippen LogP) is 4.46. The van der Waals surface area contributed by atoms with E-state index in [4.69, 9.17) is 4.74 Å². The van der Waals surface area contributed by atoms with Gasteiger partial charge in [0.1, 0.15) is 0 Å². The van der Waals surface area contributed by atoms with Crippen LogP contribution in [0.3, 0.4) is 0 Å². The molecule has 0 unspecified atom stereocenters. The fraction of sp³-hybridized carbons (Fsp3) is 0.143. The first kappa shape index (κ1) is 16.7. The second-order valence-electron chi connectivity index (χ2n) is 5.91. The number of carbonyl (C=O) groups excluding carboxylic acids is 1. The number of hydrogen-bond donors (Lipinski definition) is 1. The summed E-state index contributed by atoms with van der Waals surface area (Å²) in [6.45, 7) is 7.71. The van der Waals surface area contributed by atoms with Crippen LogP contribution < -0.4 is 4.74 Å². The van der Waals surface area contributed by atoms with Gasteiger partial charge < -0.3 is 9.84 Å². The summed E-state index contributed by atoms with van der Waals surface area (Å²) in [4.78, 5) is 17.6. The minimum Gasteiger partial charge on any atom is -0.504 e. The fourth-order valence-corrected chi connectivity index (χ4v) is 3.01. The lowest BCUT2D eigenvalue weighted by Gasteiger charge is -2.14. The Kier molecular flexibility index (Phi) is 4.28. The van der Waals surface area contributed by atoms with E-state index in [0.29, 0.717) is 28.1 Å². The molecule has 4 heteroatoms. The van der Waals surface area contributed by atoms with E-state index in [-0.39, 0.29) is 11.5 Å². The normalized spacial score (nSPS) is 10.7. The summed E-state index contributed by atoms with van der Waals surface area (Å²) in [5, 5.41) is 10.7. The van der Waals surface area contributed by atoms with Crippen LogP contribution in [0.2, 0.25) is 0 Å². The van der Waals surface area contributed by atoms with E-state index < -0.39 is 0 Å². The molecular weight excluding hydrogens is 314 g/mol. The summed E-state index contributed by atoms with van der Waals surface area (Å²) in [5.74, 6) is 0.142. The number of benzene rings is 2. The Hall–Kier alpha value is -3.14. The van der Waals surface area contributed by atoms with Crippen molar-refractivity contribution < 1.29 is 14.6 Å². The molecule has 0 radical (unpaired) electrons. The van der Waals surface area contributed by atoms with Gasteiger partial charge in [-0.2, -0.15) is 0 Å². The molecule has 3 rings (SSSR count). The second kappa shape index (κ2) is 6.40. The summed E-state index contributed by atoms with van der Waals surface area (Å²) in [7, 11) is 1.46.